The third-order valence-electron chi connectivity index (χ3n) is 2.74. The highest BCUT2D eigenvalue weighted by Gasteiger charge is 2.23. The fraction of sp³-hybridized carbons (Fsp3) is 0.500. The summed E-state index contributed by atoms with van der Waals surface area (Å²) in [6, 6.07) is 3.68. The number of sulfonamides is 1. The van der Waals surface area contributed by atoms with Crippen LogP contribution in [0.2, 0.25) is 0 Å². The number of aryl methyl sites for hydroxylation is 1. The van der Waals surface area contributed by atoms with E-state index in [0.29, 0.717) is 18.5 Å². The van der Waals surface area contributed by atoms with Gasteiger partial charge in [-0.05, 0) is 38.0 Å². The van der Waals surface area contributed by atoms with Crippen molar-refractivity contribution in [3.05, 3.63) is 29.6 Å². The van der Waals surface area contributed by atoms with Crippen molar-refractivity contribution in [1.29, 1.82) is 0 Å². The fourth-order valence-corrected chi connectivity index (χ4v) is 2.94. The number of halogens is 1. The van der Waals surface area contributed by atoms with Gasteiger partial charge in [0.15, 0.2) is 0 Å². The Balaban J connectivity index is 3.02. The molecular weight excluding hydrogens is 255 g/mol. The maximum atomic E-state index is 13.2. The minimum atomic E-state index is -3.65. The maximum Gasteiger partial charge on any atom is 0.243 e. The topological polar surface area (TPSA) is 63.4 Å². The molecule has 0 bridgehead atoms. The molecule has 1 unspecified atom stereocenters. The van der Waals surface area contributed by atoms with Gasteiger partial charge in [-0.3, -0.25) is 0 Å². The third-order valence-corrected chi connectivity index (χ3v) is 4.74. The van der Waals surface area contributed by atoms with Crippen molar-refractivity contribution in [2.75, 3.05) is 13.6 Å². The molecule has 0 aliphatic heterocycles. The van der Waals surface area contributed by atoms with Crippen LogP contribution in [0.4, 0.5) is 4.39 Å². The molecule has 6 heteroatoms. The number of hydrogen-bond donors (Lipinski definition) is 1. The molecule has 1 atom stereocenters. The summed E-state index contributed by atoms with van der Waals surface area (Å²) in [5.74, 6) is -0.556. The van der Waals surface area contributed by atoms with Crippen LogP contribution in [0.3, 0.4) is 0 Å². The zero-order valence-corrected chi connectivity index (χ0v) is 11.7. The Morgan fingerprint density at radius 2 is 2.06 bits per heavy atom. The standard InChI is InChI=1S/C12H19FN2O2S/c1-9-4-5-11(13)8-12(9)18(16,17)15(3)7-6-10(2)14/h4-5,8,10H,6-7,14H2,1-3H3. The monoisotopic (exact) mass is 274 g/mol. The second kappa shape index (κ2) is 5.77. The smallest absolute Gasteiger partial charge is 0.243 e. The van der Waals surface area contributed by atoms with Crippen molar-refractivity contribution in [1.82, 2.24) is 4.31 Å². The summed E-state index contributed by atoms with van der Waals surface area (Å²) in [5, 5.41) is 0. The molecular formula is C12H19FN2O2S. The lowest BCUT2D eigenvalue weighted by Gasteiger charge is -2.19. The van der Waals surface area contributed by atoms with Gasteiger partial charge in [0.2, 0.25) is 10.0 Å². The lowest BCUT2D eigenvalue weighted by molar-refractivity contribution is 0.445. The van der Waals surface area contributed by atoms with E-state index in [1.807, 2.05) is 6.92 Å². The van der Waals surface area contributed by atoms with E-state index in [2.05, 4.69) is 0 Å². The second-order valence-electron chi connectivity index (χ2n) is 4.50. The summed E-state index contributed by atoms with van der Waals surface area (Å²) in [6.45, 7) is 3.77. The highest BCUT2D eigenvalue weighted by molar-refractivity contribution is 7.89. The molecule has 0 spiro atoms. The van der Waals surface area contributed by atoms with Crippen molar-refractivity contribution >= 4 is 10.0 Å². The first-order valence-electron chi connectivity index (χ1n) is 5.73. The number of rotatable bonds is 5. The first-order valence-corrected chi connectivity index (χ1v) is 7.17. The predicted molar refractivity (Wildman–Crippen MR) is 69.2 cm³/mol. The van der Waals surface area contributed by atoms with E-state index in [-0.39, 0.29) is 10.9 Å². The molecule has 0 aliphatic rings. The lowest BCUT2D eigenvalue weighted by atomic mass is 10.2. The lowest BCUT2D eigenvalue weighted by Crippen LogP contribution is -2.31. The SMILES string of the molecule is Cc1ccc(F)cc1S(=O)(=O)N(C)CCC(C)N. The molecule has 0 aromatic heterocycles. The minimum Gasteiger partial charge on any atom is -0.328 e. The van der Waals surface area contributed by atoms with Crippen LogP contribution in [0.5, 0.6) is 0 Å². The van der Waals surface area contributed by atoms with Gasteiger partial charge in [-0.2, -0.15) is 0 Å². The molecule has 0 aliphatic carbocycles. The van der Waals surface area contributed by atoms with E-state index in [1.165, 1.54) is 23.5 Å². The van der Waals surface area contributed by atoms with Gasteiger partial charge in [0.1, 0.15) is 5.82 Å². The average Bonchev–Trinajstić information content (AvgIpc) is 2.28. The Kier molecular flexibility index (Phi) is 4.84. The van der Waals surface area contributed by atoms with Gasteiger partial charge in [0.25, 0.3) is 0 Å². The van der Waals surface area contributed by atoms with Crippen LogP contribution in [0, 0.1) is 12.7 Å². The molecule has 1 aromatic carbocycles. The van der Waals surface area contributed by atoms with Gasteiger partial charge in [-0.1, -0.05) is 6.07 Å². The van der Waals surface area contributed by atoms with Gasteiger partial charge in [0.05, 0.1) is 4.90 Å². The molecule has 2 N–H and O–H groups in total. The molecule has 0 radical (unpaired) electrons. The van der Waals surface area contributed by atoms with E-state index in [0.717, 1.165) is 6.07 Å². The Bertz CT molecular complexity index is 515. The summed E-state index contributed by atoms with van der Waals surface area (Å²) in [4.78, 5) is 0.00896. The second-order valence-corrected chi connectivity index (χ2v) is 6.52. The molecule has 0 saturated heterocycles. The highest BCUT2D eigenvalue weighted by Crippen LogP contribution is 2.20. The van der Waals surface area contributed by atoms with Crippen LogP contribution in [0.15, 0.2) is 23.1 Å². The van der Waals surface area contributed by atoms with E-state index in [4.69, 9.17) is 5.73 Å². The van der Waals surface area contributed by atoms with Gasteiger partial charge >= 0.3 is 0 Å². The molecule has 102 valence electrons. The van der Waals surface area contributed by atoms with Gasteiger partial charge in [0, 0.05) is 19.6 Å². The summed E-state index contributed by atoms with van der Waals surface area (Å²) in [6.07, 6.45) is 0.560. The molecule has 0 heterocycles. The zero-order valence-electron chi connectivity index (χ0n) is 10.9. The molecule has 1 aromatic rings. The van der Waals surface area contributed by atoms with Crippen LogP contribution in [0.25, 0.3) is 0 Å². The molecule has 0 fully saturated rings. The van der Waals surface area contributed by atoms with Crippen molar-refractivity contribution in [2.24, 2.45) is 5.73 Å². The van der Waals surface area contributed by atoms with E-state index >= 15 is 0 Å². The van der Waals surface area contributed by atoms with E-state index in [9.17, 15) is 12.8 Å². The number of benzene rings is 1. The normalized spacial score (nSPS) is 13.9. The van der Waals surface area contributed by atoms with Crippen LogP contribution in [-0.2, 0) is 10.0 Å². The molecule has 1 rings (SSSR count). The Morgan fingerprint density at radius 3 is 2.61 bits per heavy atom. The number of nitrogens with zero attached hydrogens (tertiary/aromatic N) is 1. The Morgan fingerprint density at radius 1 is 1.44 bits per heavy atom. The fourth-order valence-electron chi connectivity index (χ4n) is 1.53. The summed E-state index contributed by atoms with van der Waals surface area (Å²) < 4.78 is 38.8. The highest BCUT2D eigenvalue weighted by atomic mass is 32.2. The third kappa shape index (κ3) is 3.51. The maximum absolute atomic E-state index is 13.2. The largest absolute Gasteiger partial charge is 0.328 e. The Hall–Kier alpha value is -0.980. The number of hydrogen-bond acceptors (Lipinski definition) is 3. The van der Waals surface area contributed by atoms with Crippen LogP contribution in [0.1, 0.15) is 18.9 Å². The molecule has 18 heavy (non-hydrogen) atoms. The van der Waals surface area contributed by atoms with Crippen LogP contribution < -0.4 is 5.73 Å². The first-order chi connectivity index (χ1) is 8.25. The minimum absolute atomic E-state index is 0.00896. The number of nitrogens with two attached hydrogens (primary N) is 1. The van der Waals surface area contributed by atoms with Crippen molar-refractivity contribution in [3.63, 3.8) is 0 Å². The first kappa shape index (κ1) is 15.1. The summed E-state index contributed by atoms with van der Waals surface area (Å²) in [5.41, 5.74) is 6.13. The van der Waals surface area contributed by atoms with Crippen molar-refractivity contribution < 1.29 is 12.8 Å². The average molecular weight is 274 g/mol. The molecule has 0 amide bonds. The van der Waals surface area contributed by atoms with Crippen molar-refractivity contribution in [3.8, 4) is 0 Å². The summed E-state index contributed by atoms with van der Waals surface area (Å²) in [7, 11) is -2.18. The molecule has 0 saturated carbocycles. The summed E-state index contributed by atoms with van der Waals surface area (Å²) >= 11 is 0. The van der Waals surface area contributed by atoms with Crippen LogP contribution in [-0.4, -0.2) is 32.4 Å². The zero-order chi connectivity index (χ0) is 13.9. The van der Waals surface area contributed by atoms with Gasteiger partial charge in [-0.15, -0.1) is 0 Å². The van der Waals surface area contributed by atoms with E-state index < -0.39 is 15.8 Å². The van der Waals surface area contributed by atoms with Crippen molar-refractivity contribution in [2.45, 2.75) is 31.2 Å². The van der Waals surface area contributed by atoms with Gasteiger partial charge < -0.3 is 5.73 Å². The molecule has 4 nitrogen and oxygen atoms in total. The predicted octanol–water partition coefficient (Wildman–Crippen LogP) is 1.49. The van der Waals surface area contributed by atoms with Gasteiger partial charge in [-0.25, -0.2) is 17.1 Å². The Labute approximate surface area is 108 Å². The quantitative estimate of drug-likeness (QED) is 0.885. The van der Waals surface area contributed by atoms with Crippen LogP contribution >= 0.6 is 0 Å². The van der Waals surface area contributed by atoms with E-state index in [1.54, 1.807) is 6.92 Å².